The molecule has 7 nitrogen and oxygen atoms in total. The number of aromatic nitrogens is 1. The smallest absolute Gasteiger partial charge is 0.289 e. The maximum atomic E-state index is 12.1. The quantitative estimate of drug-likeness (QED) is 0.788. The molecule has 1 aliphatic carbocycles. The van der Waals surface area contributed by atoms with Crippen LogP contribution in [0.15, 0.2) is 5.38 Å². The van der Waals surface area contributed by atoms with Gasteiger partial charge in [-0.05, 0) is 12.3 Å². The van der Waals surface area contributed by atoms with Crippen molar-refractivity contribution in [3.05, 3.63) is 11.1 Å². The first kappa shape index (κ1) is 17.2. The van der Waals surface area contributed by atoms with Crippen LogP contribution in [-0.2, 0) is 9.53 Å². The van der Waals surface area contributed by atoms with Crippen molar-refractivity contribution in [1.82, 2.24) is 15.8 Å². The molecule has 1 saturated carbocycles. The van der Waals surface area contributed by atoms with Crippen molar-refractivity contribution >= 4 is 28.3 Å². The molecule has 1 saturated heterocycles. The lowest BCUT2D eigenvalue weighted by Crippen LogP contribution is -2.42. The predicted molar refractivity (Wildman–Crippen MR) is 91.9 cm³/mol. The number of anilines is 1. The second-order valence-electron chi connectivity index (χ2n) is 6.31. The zero-order valence-corrected chi connectivity index (χ0v) is 14.6. The first-order chi connectivity index (χ1) is 11.7. The number of rotatable bonds is 5. The van der Waals surface area contributed by atoms with E-state index < -0.39 is 0 Å². The fourth-order valence-electron chi connectivity index (χ4n) is 3.16. The molecule has 1 aromatic rings. The number of ether oxygens (including phenoxy) is 1. The van der Waals surface area contributed by atoms with Crippen LogP contribution in [0.1, 0.15) is 49.0 Å². The Labute approximate surface area is 145 Å². The molecule has 132 valence electrons. The largest absolute Gasteiger partial charge is 0.378 e. The number of hydrazine groups is 1. The number of amides is 2. The van der Waals surface area contributed by atoms with E-state index in [-0.39, 0.29) is 11.8 Å². The Balaban J connectivity index is 1.41. The summed E-state index contributed by atoms with van der Waals surface area (Å²) >= 11 is 1.43. The summed E-state index contributed by atoms with van der Waals surface area (Å²) in [4.78, 5) is 30.4. The van der Waals surface area contributed by atoms with Gasteiger partial charge in [0.15, 0.2) is 5.13 Å². The van der Waals surface area contributed by atoms with Gasteiger partial charge in [0.1, 0.15) is 5.69 Å². The normalized spacial score (nSPS) is 18.6. The van der Waals surface area contributed by atoms with Crippen molar-refractivity contribution in [3.8, 4) is 0 Å². The molecule has 24 heavy (non-hydrogen) atoms. The molecule has 0 unspecified atom stereocenters. The number of hydrogen-bond acceptors (Lipinski definition) is 6. The number of nitrogens with zero attached hydrogens (tertiary/aromatic N) is 2. The van der Waals surface area contributed by atoms with Gasteiger partial charge in [0.25, 0.3) is 5.91 Å². The van der Waals surface area contributed by atoms with E-state index in [1.807, 2.05) is 0 Å². The van der Waals surface area contributed by atoms with E-state index in [0.29, 0.717) is 31.2 Å². The van der Waals surface area contributed by atoms with Gasteiger partial charge in [-0.2, -0.15) is 0 Å². The van der Waals surface area contributed by atoms with E-state index in [1.54, 1.807) is 5.38 Å². The number of morpholine rings is 1. The molecule has 2 N–H and O–H groups in total. The lowest BCUT2D eigenvalue weighted by atomic mass is 10.0. The Morgan fingerprint density at radius 3 is 2.75 bits per heavy atom. The van der Waals surface area contributed by atoms with Crippen LogP contribution in [0.25, 0.3) is 0 Å². The van der Waals surface area contributed by atoms with Gasteiger partial charge in [-0.15, -0.1) is 11.3 Å². The van der Waals surface area contributed by atoms with Gasteiger partial charge in [-0.25, -0.2) is 4.98 Å². The third-order valence-corrected chi connectivity index (χ3v) is 5.48. The van der Waals surface area contributed by atoms with E-state index in [9.17, 15) is 9.59 Å². The summed E-state index contributed by atoms with van der Waals surface area (Å²) in [6.45, 7) is 2.93. The fourth-order valence-corrected chi connectivity index (χ4v) is 4.02. The van der Waals surface area contributed by atoms with E-state index >= 15 is 0 Å². The third kappa shape index (κ3) is 4.67. The van der Waals surface area contributed by atoms with Crippen molar-refractivity contribution in [1.29, 1.82) is 0 Å². The maximum Gasteiger partial charge on any atom is 0.289 e. The monoisotopic (exact) mass is 352 g/mol. The zero-order valence-electron chi connectivity index (χ0n) is 13.8. The molecule has 2 fully saturated rings. The van der Waals surface area contributed by atoms with Crippen LogP contribution in [0.4, 0.5) is 5.13 Å². The van der Waals surface area contributed by atoms with Crippen molar-refractivity contribution in [2.24, 2.45) is 5.92 Å². The number of carbonyl (C=O) groups excluding carboxylic acids is 2. The molecule has 0 radical (unpaired) electrons. The van der Waals surface area contributed by atoms with Gasteiger partial charge in [0.2, 0.25) is 5.91 Å². The molecule has 8 heteroatoms. The Hall–Kier alpha value is -1.67. The Bertz CT molecular complexity index is 565. The molecule has 0 aromatic carbocycles. The Kier molecular flexibility index (Phi) is 6.03. The molecule has 0 atom stereocenters. The van der Waals surface area contributed by atoms with E-state index in [1.165, 1.54) is 37.0 Å². The molecule has 1 aromatic heterocycles. The molecule has 2 heterocycles. The van der Waals surface area contributed by atoms with Crippen LogP contribution in [0.3, 0.4) is 0 Å². The zero-order chi connectivity index (χ0) is 16.8. The Morgan fingerprint density at radius 2 is 2.00 bits per heavy atom. The number of carbonyl (C=O) groups is 2. The topological polar surface area (TPSA) is 83.6 Å². The van der Waals surface area contributed by atoms with Crippen LogP contribution >= 0.6 is 11.3 Å². The standard InChI is InChI=1S/C16H24N4O3S/c21-14(6-5-12-3-1-2-4-12)18-19-15(22)13-11-24-16(17-13)20-7-9-23-10-8-20/h11-12H,1-10H2,(H,18,21)(H,19,22). The van der Waals surface area contributed by atoms with Gasteiger partial charge in [-0.3, -0.25) is 20.4 Å². The fraction of sp³-hybridized carbons (Fsp3) is 0.688. The molecular weight excluding hydrogens is 328 g/mol. The van der Waals surface area contributed by atoms with Crippen LogP contribution < -0.4 is 15.8 Å². The predicted octanol–water partition coefficient (Wildman–Crippen LogP) is 1.71. The maximum absolute atomic E-state index is 12.1. The van der Waals surface area contributed by atoms with E-state index in [2.05, 4.69) is 20.7 Å². The molecule has 3 rings (SSSR count). The lowest BCUT2D eigenvalue weighted by Gasteiger charge is -2.25. The highest BCUT2D eigenvalue weighted by molar-refractivity contribution is 7.13. The lowest BCUT2D eigenvalue weighted by molar-refractivity contribution is -0.122. The Morgan fingerprint density at radius 1 is 1.25 bits per heavy atom. The second kappa shape index (κ2) is 8.43. The molecule has 2 aliphatic rings. The van der Waals surface area contributed by atoms with Gasteiger partial charge in [0, 0.05) is 24.9 Å². The summed E-state index contributed by atoms with van der Waals surface area (Å²) < 4.78 is 5.31. The van der Waals surface area contributed by atoms with E-state index in [0.717, 1.165) is 24.6 Å². The van der Waals surface area contributed by atoms with Crippen molar-refractivity contribution < 1.29 is 14.3 Å². The first-order valence-electron chi connectivity index (χ1n) is 8.60. The number of thiazole rings is 1. The minimum atomic E-state index is -0.375. The minimum Gasteiger partial charge on any atom is -0.378 e. The van der Waals surface area contributed by atoms with Gasteiger partial charge in [0.05, 0.1) is 13.2 Å². The second-order valence-corrected chi connectivity index (χ2v) is 7.14. The molecular formula is C16H24N4O3S. The van der Waals surface area contributed by atoms with Crippen molar-refractivity contribution in [3.63, 3.8) is 0 Å². The van der Waals surface area contributed by atoms with Crippen molar-refractivity contribution in [2.75, 3.05) is 31.2 Å². The van der Waals surface area contributed by atoms with Gasteiger partial charge < -0.3 is 9.64 Å². The third-order valence-electron chi connectivity index (χ3n) is 4.58. The van der Waals surface area contributed by atoms with Crippen LogP contribution in [0.2, 0.25) is 0 Å². The average molecular weight is 352 g/mol. The van der Waals surface area contributed by atoms with Crippen LogP contribution in [-0.4, -0.2) is 43.1 Å². The number of nitrogens with one attached hydrogen (secondary N) is 2. The first-order valence-corrected chi connectivity index (χ1v) is 9.48. The summed E-state index contributed by atoms with van der Waals surface area (Å²) in [5.41, 5.74) is 5.27. The summed E-state index contributed by atoms with van der Waals surface area (Å²) in [5, 5.41) is 2.53. The van der Waals surface area contributed by atoms with Crippen LogP contribution in [0.5, 0.6) is 0 Å². The highest BCUT2D eigenvalue weighted by Crippen LogP contribution is 2.28. The summed E-state index contributed by atoms with van der Waals surface area (Å²) in [5.74, 6) is 0.153. The molecule has 0 bridgehead atoms. The van der Waals surface area contributed by atoms with Gasteiger partial charge >= 0.3 is 0 Å². The number of hydrogen-bond donors (Lipinski definition) is 2. The summed E-state index contributed by atoms with van der Waals surface area (Å²) in [6, 6.07) is 0. The molecule has 0 spiro atoms. The van der Waals surface area contributed by atoms with Crippen LogP contribution in [0, 0.1) is 5.92 Å². The molecule has 2 amide bonds. The van der Waals surface area contributed by atoms with Gasteiger partial charge in [-0.1, -0.05) is 25.7 Å². The van der Waals surface area contributed by atoms with Crippen molar-refractivity contribution in [2.45, 2.75) is 38.5 Å². The average Bonchev–Trinajstić information content (AvgIpc) is 3.30. The van der Waals surface area contributed by atoms with E-state index in [4.69, 9.17) is 4.74 Å². The highest BCUT2D eigenvalue weighted by atomic mass is 32.1. The summed E-state index contributed by atoms with van der Waals surface area (Å²) in [6.07, 6.45) is 6.36. The molecule has 1 aliphatic heterocycles. The highest BCUT2D eigenvalue weighted by Gasteiger charge is 2.19. The minimum absolute atomic E-state index is 0.140. The summed E-state index contributed by atoms with van der Waals surface area (Å²) in [7, 11) is 0. The SMILES string of the molecule is O=C(CCC1CCCC1)NNC(=O)c1csc(N2CCOCC2)n1.